The van der Waals surface area contributed by atoms with Crippen LogP contribution in [0.25, 0.3) is 0 Å². The second-order valence-electron chi connectivity index (χ2n) is 1.76. The van der Waals surface area contributed by atoms with E-state index in [1.807, 2.05) is 0 Å². The van der Waals surface area contributed by atoms with Gasteiger partial charge in [0.05, 0.1) is 5.71 Å². The summed E-state index contributed by atoms with van der Waals surface area (Å²) < 4.78 is 0. The van der Waals surface area contributed by atoms with Gasteiger partial charge in [0, 0.05) is 0 Å². The van der Waals surface area contributed by atoms with E-state index in [4.69, 9.17) is 22.5 Å². The predicted octanol–water partition coefficient (Wildman–Crippen LogP) is 0.750. The van der Waals surface area contributed by atoms with Crippen molar-refractivity contribution in [2.75, 3.05) is 0 Å². The fourth-order valence-corrected chi connectivity index (χ4v) is 0.136. The molecular weight excluding hydrogens is 128 g/mol. The maximum atomic E-state index is 8.09. The lowest BCUT2D eigenvalue weighted by Gasteiger charge is -2.12. The molecule has 0 amide bonds. The highest BCUT2D eigenvalue weighted by Crippen LogP contribution is 2.06. The van der Waals surface area contributed by atoms with Crippen molar-refractivity contribution in [1.29, 1.82) is 0 Å². The van der Waals surface area contributed by atoms with E-state index < -0.39 is 5.00 Å². The van der Waals surface area contributed by atoms with Crippen LogP contribution in [0.15, 0.2) is 5.16 Å². The maximum Gasteiger partial charge on any atom is 0.130 e. The van der Waals surface area contributed by atoms with Gasteiger partial charge in [-0.2, -0.15) is 0 Å². The molecule has 0 aliphatic rings. The monoisotopic (exact) mass is 136 g/mol. The second-order valence-corrected chi connectivity index (χ2v) is 2.55. The molecule has 3 nitrogen and oxygen atoms in total. The standard InChI is InChI=1S/C4H9ClN2O/c1-3(7-8)4(2,5)6/h8H,6H2,1-2H3/b7-3+. The minimum atomic E-state index is -1.02. The zero-order chi connectivity index (χ0) is 6.78. The molecule has 0 aromatic rings. The Hall–Kier alpha value is -0.280. The number of rotatable bonds is 1. The fraction of sp³-hybridized carbons (Fsp3) is 0.750. The van der Waals surface area contributed by atoms with Crippen LogP contribution in [0.5, 0.6) is 0 Å². The van der Waals surface area contributed by atoms with Gasteiger partial charge in [-0.3, -0.25) is 0 Å². The molecule has 1 unspecified atom stereocenters. The van der Waals surface area contributed by atoms with E-state index in [2.05, 4.69) is 5.16 Å². The zero-order valence-electron chi connectivity index (χ0n) is 4.85. The highest BCUT2D eigenvalue weighted by Gasteiger charge is 2.17. The van der Waals surface area contributed by atoms with Gasteiger partial charge in [0.1, 0.15) is 5.00 Å². The third kappa shape index (κ3) is 2.14. The lowest BCUT2D eigenvalue weighted by molar-refractivity contribution is 0.316. The van der Waals surface area contributed by atoms with E-state index in [0.29, 0.717) is 5.71 Å². The van der Waals surface area contributed by atoms with Crippen LogP contribution in [0.4, 0.5) is 0 Å². The van der Waals surface area contributed by atoms with Gasteiger partial charge in [0.25, 0.3) is 0 Å². The summed E-state index contributed by atoms with van der Waals surface area (Å²) in [7, 11) is 0. The Balaban J connectivity index is 4.03. The molecule has 0 aliphatic heterocycles. The van der Waals surface area contributed by atoms with Gasteiger partial charge in [-0.15, -0.1) is 0 Å². The van der Waals surface area contributed by atoms with Crippen LogP contribution in [0.2, 0.25) is 0 Å². The molecule has 0 saturated heterocycles. The molecule has 0 fully saturated rings. The number of oxime groups is 1. The van der Waals surface area contributed by atoms with Gasteiger partial charge in [0.15, 0.2) is 0 Å². The Morgan fingerprint density at radius 3 is 2.25 bits per heavy atom. The predicted molar refractivity (Wildman–Crippen MR) is 33.3 cm³/mol. The SMILES string of the molecule is C/C(=N\O)C(C)(N)Cl. The number of nitrogens with two attached hydrogens (primary N) is 1. The van der Waals surface area contributed by atoms with Crippen molar-refractivity contribution < 1.29 is 5.21 Å². The largest absolute Gasteiger partial charge is 0.411 e. The second kappa shape index (κ2) is 2.33. The summed E-state index contributed by atoms with van der Waals surface area (Å²) in [5.74, 6) is 0. The van der Waals surface area contributed by atoms with Gasteiger partial charge in [-0.05, 0) is 13.8 Å². The average molecular weight is 137 g/mol. The van der Waals surface area contributed by atoms with Crippen LogP contribution >= 0.6 is 11.6 Å². The first-order valence-corrected chi connectivity index (χ1v) is 2.53. The molecule has 0 saturated carbocycles. The van der Waals surface area contributed by atoms with Crippen molar-refractivity contribution in [3.05, 3.63) is 0 Å². The molecule has 4 heteroatoms. The number of hydrogen-bond donors (Lipinski definition) is 2. The van der Waals surface area contributed by atoms with Crippen molar-refractivity contribution in [1.82, 2.24) is 0 Å². The van der Waals surface area contributed by atoms with Gasteiger partial charge < -0.3 is 10.9 Å². The van der Waals surface area contributed by atoms with Gasteiger partial charge in [0.2, 0.25) is 0 Å². The van der Waals surface area contributed by atoms with Gasteiger partial charge >= 0.3 is 0 Å². The van der Waals surface area contributed by atoms with E-state index >= 15 is 0 Å². The molecule has 0 aromatic carbocycles. The third-order valence-corrected chi connectivity index (χ3v) is 1.13. The lowest BCUT2D eigenvalue weighted by Crippen LogP contribution is -2.36. The smallest absolute Gasteiger partial charge is 0.130 e. The molecule has 0 radical (unpaired) electrons. The number of halogens is 1. The normalized spacial score (nSPS) is 20.2. The summed E-state index contributed by atoms with van der Waals surface area (Å²) in [6.07, 6.45) is 0. The van der Waals surface area contributed by atoms with Crippen molar-refractivity contribution in [2.24, 2.45) is 10.9 Å². The molecule has 48 valence electrons. The van der Waals surface area contributed by atoms with E-state index in [9.17, 15) is 0 Å². The molecule has 8 heavy (non-hydrogen) atoms. The Morgan fingerprint density at radius 2 is 2.25 bits per heavy atom. The van der Waals surface area contributed by atoms with E-state index in [1.54, 1.807) is 13.8 Å². The number of alkyl halides is 1. The Bertz CT molecular complexity index is 105. The van der Waals surface area contributed by atoms with Crippen molar-refractivity contribution >= 4 is 17.3 Å². The van der Waals surface area contributed by atoms with Gasteiger partial charge in [-0.1, -0.05) is 16.8 Å². The molecule has 0 spiro atoms. The Morgan fingerprint density at radius 1 is 1.88 bits per heavy atom. The number of nitrogens with zero attached hydrogens (tertiary/aromatic N) is 1. The number of hydrogen-bond acceptors (Lipinski definition) is 3. The van der Waals surface area contributed by atoms with Crippen molar-refractivity contribution in [2.45, 2.75) is 18.8 Å². The van der Waals surface area contributed by atoms with Crippen LogP contribution in [-0.4, -0.2) is 15.9 Å². The topological polar surface area (TPSA) is 58.6 Å². The van der Waals surface area contributed by atoms with Crippen LogP contribution < -0.4 is 5.73 Å². The first-order valence-electron chi connectivity index (χ1n) is 2.15. The molecular formula is C4H9ClN2O. The minimum Gasteiger partial charge on any atom is -0.411 e. The molecule has 0 heterocycles. The molecule has 0 aliphatic carbocycles. The van der Waals surface area contributed by atoms with Gasteiger partial charge in [-0.25, -0.2) is 0 Å². The summed E-state index contributed by atoms with van der Waals surface area (Å²) >= 11 is 5.47. The van der Waals surface area contributed by atoms with Crippen molar-refractivity contribution in [3.8, 4) is 0 Å². The van der Waals surface area contributed by atoms with Crippen LogP contribution in [0, 0.1) is 0 Å². The fourth-order valence-electron chi connectivity index (χ4n) is 0.0978. The first kappa shape index (κ1) is 7.72. The first-order chi connectivity index (χ1) is 3.48. The van der Waals surface area contributed by atoms with E-state index in [0.717, 1.165) is 0 Å². The summed E-state index contributed by atoms with van der Waals surface area (Å²) in [6.45, 7) is 3.09. The van der Waals surface area contributed by atoms with Crippen LogP contribution in [0.1, 0.15) is 13.8 Å². The molecule has 1 atom stereocenters. The summed E-state index contributed by atoms with van der Waals surface area (Å²) in [5, 5.41) is 10.9. The van der Waals surface area contributed by atoms with E-state index in [-0.39, 0.29) is 0 Å². The van der Waals surface area contributed by atoms with Crippen LogP contribution in [-0.2, 0) is 0 Å². The Kier molecular flexibility index (Phi) is 2.25. The average Bonchev–Trinajstić information content (AvgIpc) is 1.62. The lowest BCUT2D eigenvalue weighted by atomic mass is 10.2. The zero-order valence-corrected chi connectivity index (χ0v) is 5.61. The third-order valence-electron chi connectivity index (χ3n) is 0.857. The minimum absolute atomic E-state index is 0.305. The molecule has 0 aromatic heterocycles. The summed E-state index contributed by atoms with van der Waals surface area (Å²) in [6, 6.07) is 0. The molecule has 0 bridgehead atoms. The summed E-state index contributed by atoms with van der Waals surface area (Å²) in [5.41, 5.74) is 5.57. The quantitative estimate of drug-likeness (QED) is 0.184. The highest BCUT2D eigenvalue weighted by molar-refractivity contribution is 6.34. The van der Waals surface area contributed by atoms with Crippen molar-refractivity contribution in [3.63, 3.8) is 0 Å². The van der Waals surface area contributed by atoms with Crippen LogP contribution in [0.3, 0.4) is 0 Å². The molecule has 0 rings (SSSR count). The maximum absolute atomic E-state index is 8.09. The Labute approximate surface area is 53.1 Å². The summed E-state index contributed by atoms with van der Waals surface area (Å²) in [4.78, 5) is -1.02. The highest BCUT2D eigenvalue weighted by atomic mass is 35.5. The molecule has 3 N–H and O–H groups in total. The van der Waals surface area contributed by atoms with E-state index in [1.165, 1.54) is 0 Å².